The van der Waals surface area contributed by atoms with Crippen LogP contribution in [0.3, 0.4) is 0 Å². The molecule has 0 amide bonds. The first-order chi connectivity index (χ1) is 44.3. The number of rotatable bonds is 71. The molecule has 0 bridgehead atoms. The molecule has 0 heterocycles. The van der Waals surface area contributed by atoms with Crippen molar-refractivity contribution in [1.82, 2.24) is 0 Å². The second-order valence-corrected chi connectivity index (χ2v) is 30.2. The monoisotopic (exact) mass is 1350 g/mol. The fourth-order valence-electron chi connectivity index (χ4n) is 11.0. The fourth-order valence-corrected chi connectivity index (χ4v) is 12.6. The summed E-state index contributed by atoms with van der Waals surface area (Å²) in [4.78, 5) is 72.5. The number of aliphatic hydroxyl groups is 1. The van der Waals surface area contributed by atoms with Crippen LogP contribution in [-0.2, 0) is 65.4 Å². The van der Waals surface area contributed by atoms with Crippen molar-refractivity contribution in [2.75, 3.05) is 39.6 Å². The molecule has 3 N–H and O–H groups in total. The molecule has 17 nitrogen and oxygen atoms in total. The number of carbonyl (C=O) groups excluding carboxylic acids is 4. The fraction of sp³-hybridized carbons (Fsp3) is 0.945. The van der Waals surface area contributed by atoms with E-state index in [1.807, 2.05) is 0 Å². The third kappa shape index (κ3) is 64.1. The van der Waals surface area contributed by atoms with Crippen molar-refractivity contribution in [1.29, 1.82) is 0 Å². The summed E-state index contributed by atoms with van der Waals surface area (Å²) in [5.41, 5.74) is 0. The summed E-state index contributed by atoms with van der Waals surface area (Å²) < 4.78 is 68.3. The Balaban J connectivity index is 5.19. The quantitative estimate of drug-likeness (QED) is 0.0222. The average Bonchev–Trinajstić information content (AvgIpc) is 2.57. The van der Waals surface area contributed by atoms with Crippen LogP contribution in [0.4, 0.5) is 0 Å². The molecule has 19 heteroatoms. The minimum atomic E-state index is -4.95. The Morgan fingerprint density at radius 2 is 0.554 bits per heavy atom. The van der Waals surface area contributed by atoms with Crippen LogP contribution in [0.15, 0.2) is 0 Å². The van der Waals surface area contributed by atoms with Gasteiger partial charge in [-0.3, -0.25) is 37.3 Å². The van der Waals surface area contributed by atoms with E-state index < -0.39 is 97.5 Å². The van der Waals surface area contributed by atoms with E-state index in [9.17, 15) is 43.2 Å². The van der Waals surface area contributed by atoms with Gasteiger partial charge in [0.1, 0.15) is 19.3 Å². The first-order valence-corrected chi connectivity index (χ1v) is 40.9. The average molecular weight is 1350 g/mol. The predicted octanol–water partition coefficient (Wildman–Crippen LogP) is 21.0. The van der Waals surface area contributed by atoms with Crippen molar-refractivity contribution < 1.29 is 80.2 Å². The van der Waals surface area contributed by atoms with Gasteiger partial charge in [0.2, 0.25) is 0 Å². The van der Waals surface area contributed by atoms with Gasteiger partial charge < -0.3 is 33.8 Å². The molecule has 92 heavy (non-hydrogen) atoms. The topological polar surface area (TPSA) is 237 Å². The Kier molecular flexibility index (Phi) is 62.4. The molecule has 4 unspecified atom stereocenters. The van der Waals surface area contributed by atoms with Crippen molar-refractivity contribution in [3.05, 3.63) is 0 Å². The molecule has 7 atom stereocenters. The normalized spacial score (nSPS) is 14.7. The maximum Gasteiger partial charge on any atom is 0.472 e. The van der Waals surface area contributed by atoms with Gasteiger partial charge in [0.05, 0.1) is 26.4 Å². The zero-order chi connectivity index (χ0) is 68.0. The highest BCUT2D eigenvalue weighted by atomic mass is 31.2. The third-order valence-electron chi connectivity index (χ3n) is 17.6. The van der Waals surface area contributed by atoms with Crippen LogP contribution in [0.25, 0.3) is 0 Å². The molecule has 0 rings (SSSR count). The molecule has 0 aromatic carbocycles. The summed E-state index contributed by atoms with van der Waals surface area (Å²) in [6.07, 6.45) is 48.7. The number of phosphoric acid groups is 2. The van der Waals surface area contributed by atoms with E-state index >= 15 is 0 Å². The standard InChI is InChI=1S/C73H142O17P2/c1-8-11-12-13-30-40-47-54-70(75)83-60-69(90-73(78)57-50-43-36-35-39-46-53-66(7)10-3)63-88-92(81,82)86-59-67(74)58-85-91(79,80)87-62-68(61-84-71(76)55-48-41-33-28-24-20-16-14-18-22-26-31-37-44-51-64(4)5)89-72(77)56-49-42-34-29-25-21-17-15-19-23-27-32-38-45-52-65(6)9-2/h64-69,74H,8-63H2,1-7H3,(H,79,80)(H,81,82)/t65?,66?,67-,68-,69-/m1/s1. The van der Waals surface area contributed by atoms with Crippen LogP contribution >= 0.6 is 15.6 Å². The molecular formula is C73H142O17P2. The van der Waals surface area contributed by atoms with Crippen LogP contribution < -0.4 is 0 Å². The molecule has 0 fully saturated rings. The van der Waals surface area contributed by atoms with E-state index in [1.165, 1.54) is 167 Å². The highest BCUT2D eigenvalue weighted by Gasteiger charge is 2.30. The minimum absolute atomic E-state index is 0.102. The van der Waals surface area contributed by atoms with Crippen LogP contribution in [0.2, 0.25) is 0 Å². The Labute approximate surface area is 562 Å². The predicted molar refractivity (Wildman–Crippen MR) is 372 cm³/mol. The molecule has 0 aliphatic carbocycles. The summed E-state index contributed by atoms with van der Waals surface area (Å²) in [7, 11) is -9.90. The lowest BCUT2D eigenvalue weighted by molar-refractivity contribution is -0.161. The first-order valence-electron chi connectivity index (χ1n) is 37.9. The maximum absolute atomic E-state index is 13.1. The number of esters is 4. The lowest BCUT2D eigenvalue weighted by atomic mass is 9.99. The lowest BCUT2D eigenvalue weighted by Gasteiger charge is -2.21. The van der Waals surface area contributed by atoms with E-state index in [4.69, 9.17) is 37.0 Å². The SMILES string of the molecule is CCCCCCCCCC(=O)OC[C@H](COP(=O)(O)OC[C@H](O)COP(=O)(O)OC[C@@H](COC(=O)CCCCCCCCCCCCCCCCC(C)C)OC(=O)CCCCCCCCCCCCCCCCC(C)CC)OC(=O)CCCCCCCCC(C)CC. The molecular weight excluding hydrogens is 1210 g/mol. The Hall–Kier alpha value is -1.94. The van der Waals surface area contributed by atoms with Crippen molar-refractivity contribution in [3.63, 3.8) is 0 Å². The highest BCUT2D eigenvalue weighted by molar-refractivity contribution is 7.47. The number of aliphatic hydroxyl groups excluding tert-OH is 1. The number of unbranched alkanes of at least 4 members (excludes halogenated alkanes) is 37. The molecule has 0 saturated heterocycles. The van der Waals surface area contributed by atoms with Crippen molar-refractivity contribution in [2.24, 2.45) is 17.8 Å². The number of ether oxygens (including phenoxy) is 4. The van der Waals surface area contributed by atoms with Gasteiger partial charge in [-0.2, -0.15) is 0 Å². The van der Waals surface area contributed by atoms with E-state index in [2.05, 4.69) is 48.5 Å². The summed E-state index contributed by atoms with van der Waals surface area (Å²) >= 11 is 0. The Morgan fingerprint density at radius 1 is 0.315 bits per heavy atom. The summed E-state index contributed by atoms with van der Waals surface area (Å²) in [5, 5.41) is 10.6. The van der Waals surface area contributed by atoms with E-state index in [-0.39, 0.29) is 25.7 Å². The van der Waals surface area contributed by atoms with Crippen molar-refractivity contribution in [3.8, 4) is 0 Å². The Morgan fingerprint density at radius 3 is 0.826 bits per heavy atom. The summed E-state index contributed by atoms with van der Waals surface area (Å²) in [5.74, 6) is 0.236. The molecule has 0 aliphatic heterocycles. The molecule has 0 aliphatic rings. The molecule has 546 valence electrons. The number of hydrogen-bond acceptors (Lipinski definition) is 15. The third-order valence-corrected chi connectivity index (χ3v) is 19.5. The van der Waals surface area contributed by atoms with Gasteiger partial charge in [0, 0.05) is 25.7 Å². The van der Waals surface area contributed by atoms with E-state index in [0.717, 1.165) is 120 Å². The van der Waals surface area contributed by atoms with E-state index in [0.29, 0.717) is 25.7 Å². The van der Waals surface area contributed by atoms with Gasteiger partial charge >= 0.3 is 39.5 Å². The van der Waals surface area contributed by atoms with Gasteiger partial charge in [-0.1, -0.05) is 318 Å². The highest BCUT2D eigenvalue weighted by Crippen LogP contribution is 2.45. The Bertz CT molecular complexity index is 1810. The van der Waals surface area contributed by atoms with Crippen molar-refractivity contribution in [2.45, 2.75) is 388 Å². The summed E-state index contributed by atoms with van der Waals surface area (Å²) in [6.45, 7) is 11.9. The smallest absolute Gasteiger partial charge is 0.462 e. The van der Waals surface area contributed by atoms with Crippen LogP contribution in [0, 0.1) is 17.8 Å². The zero-order valence-electron chi connectivity index (χ0n) is 60.0. The van der Waals surface area contributed by atoms with Crippen LogP contribution in [0.5, 0.6) is 0 Å². The second kappa shape index (κ2) is 63.8. The lowest BCUT2D eigenvalue weighted by Crippen LogP contribution is -2.30. The largest absolute Gasteiger partial charge is 0.472 e. The van der Waals surface area contributed by atoms with Gasteiger partial charge in [-0.15, -0.1) is 0 Å². The molecule has 0 radical (unpaired) electrons. The first kappa shape index (κ1) is 90.1. The van der Waals surface area contributed by atoms with Crippen LogP contribution in [0.1, 0.15) is 370 Å². The molecule has 0 spiro atoms. The van der Waals surface area contributed by atoms with E-state index in [1.54, 1.807) is 0 Å². The summed E-state index contributed by atoms with van der Waals surface area (Å²) in [6, 6.07) is 0. The zero-order valence-corrected chi connectivity index (χ0v) is 61.8. The minimum Gasteiger partial charge on any atom is -0.462 e. The second-order valence-electron chi connectivity index (χ2n) is 27.3. The van der Waals surface area contributed by atoms with Crippen molar-refractivity contribution >= 4 is 39.5 Å². The van der Waals surface area contributed by atoms with Gasteiger partial charge in [0.25, 0.3) is 0 Å². The van der Waals surface area contributed by atoms with Gasteiger partial charge in [-0.25, -0.2) is 9.13 Å². The number of hydrogen-bond donors (Lipinski definition) is 3. The maximum atomic E-state index is 13.1. The molecule has 0 aromatic heterocycles. The molecule has 0 aromatic rings. The number of carbonyl (C=O) groups is 4. The van der Waals surface area contributed by atoms with Gasteiger partial charge in [-0.05, 0) is 43.4 Å². The molecule has 0 saturated carbocycles. The number of phosphoric ester groups is 2. The van der Waals surface area contributed by atoms with Gasteiger partial charge in [0.15, 0.2) is 12.2 Å². The van der Waals surface area contributed by atoms with Crippen LogP contribution in [-0.4, -0.2) is 96.7 Å².